The van der Waals surface area contributed by atoms with E-state index in [2.05, 4.69) is 10.2 Å². The molecule has 0 spiro atoms. The van der Waals surface area contributed by atoms with E-state index < -0.39 is 22.0 Å². The number of benzene rings is 2. The Morgan fingerprint density at radius 1 is 1.12 bits per heavy atom. The average Bonchev–Trinajstić information content (AvgIpc) is 2.78. The largest absolute Gasteiger partial charge is 0.379 e. The topological polar surface area (TPSA) is 79.0 Å². The molecule has 0 bridgehead atoms. The molecule has 3 rings (SSSR count). The molecular weight excluding hydrogens is 485 g/mol. The number of halogens is 2. The van der Waals surface area contributed by atoms with Crippen molar-refractivity contribution in [3.05, 3.63) is 63.6 Å². The van der Waals surface area contributed by atoms with Crippen LogP contribution in [0.15, 0.2) is 42.5 Å². The molecule has 0 aliphatic carbocycles. The van der Waals surface area contributed by atoms with Gasteiger partial charge in [0.05, 0.1) is 30.2 Å². The Balaban J connectivity index is 1.68. The van der Waals surface area contributed by atoms with Crippen LogP contribution in [0.4, 0.5) is 5.69 Å². The third-order valence-corrected chi connectivity index (χ3v) is 7.20. The predicted octanol–water partition coefficient (Wildman–Crippen LogP) is 3.69. The first-order chi connectivity index (χ1) is 15.7. The minimum Gasteiger partial charge on any atom is -0.379 e. The number of carbonyl (C=O) groups excluding carboxylic acids is 1. The summed E-state index contributed by atoms with van der Waals surface area (Å²) in [6, 6.07) is 11.6. The van der Waals surface area contributed by atoms with Gasteiger partial charge in [-0.15, -0.1) is 0 Å². The molecule has 1 heterocycles. The summed E-state index contributed by atoms with van der Waals surface area (Å²) in [5.41, 5.74) is 2.30. The molecule has 1 N–H and O–H groups in total. The highest BCUT2D eigenvalue weighted by Crippen LogP contribution is 2.33. The highest BCUT2D eigenvalue weighted by molar-refractivity contribution is 7.92. The second-order valence-electron chi connectivity index (χ2n) is 8.00. The van der Waals surface area contributed by atoms with E-state index in [0.717, 1.165) is 49.0 Å². The van der Waals surface area contributed by atoms with E-state index in [-0.39, 0.29) is 23.7 Å². The molecule has 0 aromatic heterocycles. The third kappa shape index (κ3) is 7.07. The molecule has 1 amide bonds. The standard InChI is InChI=1S/C23H29Cl2N3O4S/c1-3-21(28(33(2,30)31)22-14-19(24)8-9-20(22)25)23(29)26-15-17-4-6-18(7-5-17)16-27-10-12-32-13-11-27/h4-9,14,21H,3,10-13,15-16H2,1-2H3,(H,26,29)/t21-/m1/s1. The third-order valence-electron chi connectivity index (χ3n) is 5.47. The monoisotopic (exact) mass is 513 g/mol. The zero-order valence-corrected chi connectivity index (χ0v) is 21.1. The molecule has 1 fully saturated rings. The van der Waals surface area contributed by atoms with Crippen LogP contribution < -0.4 is 9.62 Å². The van der Waals surface area contributed by atoms with Crippen molar-refractivity contribution < 1.29 is 17.9 Å². The fraction of sp³-hybridized carbons (Fsp3) is 0.435. The van der Waals surface area contributed by atoms with Gasteiger partial charge in [-0.3, -0.25) is 14.0 Å². The van der Waals surface area contributed by atoms with Crippen molar-refractivity contribution in [2.24, 2.45) is 0 Å². The molecule has 7 nitrogen and oxygen atoms in total. The number of nitrogens with zero attached hydrogens (tertiary/aromatic N) is 2. The summed E-state index contributed by atoms with van der Waals surface area (Å²) in [4.78, 5) is 15.4. The summed E-state index contributed by atoms with van der Waals surface area (Å²) in [5, 5.41) is 3.39. The van der Waals surface area contributed by atoms with Crippen LogP contribution in [0.2, 0.25) is 10.0 Å². The highest BCUT2D eigenvalue weighted by Gasteiger charge is 2.32. The van der Waals surface area contributed by atoms with Crippen molar-refractivity contribution in [1.29, 1.82) is 0 Å². The maximum absolute atomic E-state index is 13.0. The molecule has 10 heteroatoms. The zero-order chi connectivity index (χ0) is 24.0. The molecule has 33 heavy (non-hydrogen) atoms. The van der Waals surface area contributed by atoms with E-state index >= 15 is 0 Å². The second kappa shape index (κ2) is 11.5. The van der Waals surface area contributed by atoms with Gasteiger partial charge in [0.1, 0.15) is 6.04 Å². The maximum atomic E-state index is 13.0. The van der Waals surface area contributed by atoms with E-state index in [1.54, 1.807) is 13.0 Å². The van der Waals surface area contributed by atoms with Crippen LogP contribution in [0, 0.1) is 0 Å². The van der Waals surface area contributed by atoms with Crippen molar-refractivity contribution >= 4 is 44.8 Å². The van der Waals surface area contributed by atoms with Crippen LogP contribution in [-0.4, -0.2) is 57.8 Å². The molecule has 180 valence electrons. The lowest BCUT2D eigenvalue weighted by molar-refractivity contribution is -0.122. The fourth-order valence-corrected chi connectivity index (χ4v) is 5.42. The molecule has 1 aliphatic rings. The summed E-state index contributed by atoms with van der Waals surface area (Å²) in [6.07, 6.45) is 1.31. The number of ether oxygens (including phenoxy) is 1. The van der Waals surface area contributed by atoms with Gasteiger partial charge in [-0.2, -0.15) is 0 Å². The Morgan fingerprint density at radius 2 is 1.76 bits per heavy atom. The minimum atomic E-state index is -3.80. The summed E-state index contributed by atoms with van der Waals surface area (Å²) < 4.78 is 31.6. The molecule has 0 saturated carbocycles. The number of hydrogen-bond donors (Lipinski definition) is 1. The molecule has 1 aliphatic heterocycles. The van der Waals surface area contributed by atoms with Crippen LogP contribution in [-0.2, 0) is 32.6 Å². The number of amides is 1. The Labute approximate surface area is 205 Å². The summed E-state index contributed by atoms with van der Waals surface area (Å²) in [6.45, 7) is 6.25. The Hall–Kier alpha value is -1.84. The van der Waals surface area contributed by atoms with Crippen molar-refractivity contribution in [2.45, 2.75) is 32.5 Å². The summed E-state index contributed by atoms with van der Waals surface area (Å²) in [7, 11) is -3.80. The summed E-state index contributed by atoms with van der Waals surface area (Å²) >= 11 is 12.3. The number of hydrogen-bond acceptors (Lipinski definition) is 5. The average molecular weight is 514 g/mol. The van der Waals surface area contributed by atoms with Crippen molar-refractivity contribution in [2.75, 3.05) is 36.9 Å². The summed E-state index contributed by atoms with van der Waals surface area (Å²) in [5.74, 6) is -0.406. The van der Waals surface area contributed by atoms with Crippen LogP contribution in [0.25, 0.3) is 0 Å². The van der Waals surface area contributed by atoms with E-state index in [4.69, 9.17) is 27.9 Å². The predicted molar refractivity (Wildman–Crippen MR) is 132 cm³/mol. The number of nitrogens with one attached hydrogen (secondary N) is 1. The molecular formula is C23H29Cl2N3O4S. The van der Waals surface area contributed by atoms with E-state index in [1.165, 1.54) is 17.7 Å². The number of carbonyl (C=O) groups is 1. The van der Waals surface area contributed by atoms with E-state index in [1.807, 2.05) is 24.3 Å². The van der Waals surface area contributed by atoms with Gasteiger partial charge < -0.3 is 10.1 Å². The van der Waals surface area contributed by atoms with Gasteiger partial charge in [-0.05, 0) is 35.7 Å². The van der Waals surface area contributed by atoms with E-state index in [0.29, 0.717) is 5.02 Å². The molecule has 2 aromatic carbocycles. The van der Waals surface area contributed by atoms with Gasteiger partial charge >= 0.3 is 0 Å². The van der Waals surface area contributed by atoms with Crippen molar-refractivity contribution in [1.82, 2.24) is 10.2 Å². The van der Waals surface area contributed by atoms with Gasteiger partial charge in [-0.1, -0.05) is 54.4 Å². The minimum absolute atomic E-state index is 0.182. The Bertz CT molecular complexity index is 1060. The molecule has 2 aromatic rings. The Morgan fingerprint density at radius 3 is 2.36 bits per heavy atom. The number of sulfonamides is 1. The molecule has 0 radical (unpaired) electrons. The first kappa shape index (κ1) is 25.8. The quantitative estimate of drug-likeness (QED) is 0.553. The molecule has 1 saturated heterocycles. The Kier molecular flexibility index (Phi) is 9.01. The molecule has 0 unspecified atom stereocenters. The fourth-order valence-electron chi connectivity index (χ4n) is 3.78. The van der Waals surface area contributed by atoms with Crippen LogP contribution in [0.5, 0.6) is 0 Å². The van der Waals surface area contributed by atoms with Crippen LogP contribution >= 0.6 is 23.2 Å². The number of anilines is 1. The van der Waals surface area contributed by atoms with Gasteiger partial charge in [-0.25, -0.2) is 8.42 Å². The van der Waals surface area contributed by atoms with Crippen molar-refractivity contribution in [3.8, 4) is 0 Å². The van der Waals surface area contributed by atoms with Gasteiger partial charge in [0.15, 0.2) is 0 Å². The number of rotatable bonds is 9. The smallest absolute Gasteiger partial charge is 0.244 e. The van der Waals surface area contributed by atoms with Gasteiger partial charge in [0, 0.05) is 31.2 Å². The normalized spacial score (nSPS) is 15.8. The highest BCUT2D eigenvalue weighted by atomic mass is 35.5. The lowest BCUT2D eigenvalue weighted by atomic mass is 10.1. The number of morpholine rings is 1. The lowest BCUT2D eigenvalue weighted by Crippen LogP contribution is -2.49. The zero-order valence-electron chi connectivity index (χ0n) is 18.8. The first-order valence-electron chi connectivity index (χ1n) is 10.8. The van der Waals surface area contributed by atoms with E-state index in [9.17, 15) is 13.2 Å². The first-order valence-corrected chi connectivity index (χ1v) is 13.4. The lowest BCUT2D eigenvalue weighted by Gasteiger charge is -2.30. The second-order valence-corrected chi connectivity index (χ2v) is 10.7. The van der Waals surface area contributed by atoms with Gasteiger partial charge in [0.25, 0.3) is 0 Å². The van der Waals surface area contributed by atoms with Crippen LogP contribution in [0.1, 0.15) is 24.5 Å². The van der Waals surface area contributed by atoms with Crippen LogP contribution in [0.3, 0.4) is 0 Å². The van der Waals surface area contributed by atoms with Gasteiger partial charge in [0.2, 0.25) is 15.9 Å². The maximum Gasteiger partial charge on any atom is 0.244 e. The SMILES string of the molecule is CC[C@H](C(=O)NCc1ccc(CN2CCOCC2)cc1)N(c1cc(Cl)ccc1Cl)S(C)(=O)=O. The molecule has 1 atom stereocenters. The van der Waals surface area contributed by atoms with Crippen molar-refractivity contribution in [3.63, 3.8) is 0 Å².